The van der Waals surface area contributed by atoms with Gasteiger partial charge in [-0.05, 0) is 19.8 Å². The third-order valence-corrected chi connectivity index (χ3v) is 2.43. The van der Waals surface area contributed by atoms with Crippen LogP contribution in [0.4, 0.5) is 0 Å². The van der Waals surface area contributed by atoms with Crippen molar-refractivity contribution in [3.63, 3.8) is 0 Å². The maximum atomic E-state index is 11.2. The smallest absolute Gasteiger partial charge is 0.212 e. The first-order chi connectivity index (χ1) is 5.63. The summed E-state index contributed by atoms with van der Waals surface area (Å²) in [5.74, 6) is -0.0477. The Hall–Kier alpha value is -0.660. The average Bonchev–Trinajstić information content (AvgIpc) is 2.07. The Morgan fingerprint density at radius 2 is 2.00 bits per heavy atom. The van der Waals surface area contributed by atoms with Gasteiger partial charge < -0.3 is 0 Å². The zero-order valence-electron chi connectivity index (χ0n) is 8.14. The lowest BCUT2D eigenvalue weighted by Crippen LogP contribution is -2.30. The van der Waals surface area contributed by atoms with E-state index in [4.69, 9.17) is 0 Å². The largest absolute Gasteiger partial charge is 0.299 e. The molecule has 1 radical (unpaired) electrons. The summed E-state index contributed by atoms with van der Waals surface area (Å²) in [6.45, 7) is 5.39. The van der Waals surface area contributed by atoms with Crippen LogP contribution in [0.2, 0.25) is 0 Å². The van der Waals surface area contributed by atoms with Crippen LogP contribution in [-0.2, 0) is 9.59 Å². The molecular formula is C10H17O2. The van der Waals surface area contributed by atoms with E-state index < -0.39 is 5.41 Å². The van der Waals surface area contributed by atoms with Gasteiger partial charge in [0.1, 0.15) is 5.78 Å². The summed E-state index contributed by atoms with van der Waals surface area (Å²) in [5.41, 5.74) is -0.810. The van der Waals surface area contributed by atoms with Crippen LogP contribution in [-0.4, -0.2) is 12.1 Å². The van der Waals surface area contributed by atoms with Gasteiger partial charge in [0.2, 0.25) is 6.29 Å². The number of carbonyl (C=O) groups excluding carboxylic acids is 2. The molecule has 0 fully saturated rings. The maximum Gasteiger partial charge on any atom is 0.212 e. The molecule has 0 aromatic carbocycles. The lowest BCUT2D eigenvalue weighted by molar-refractivity contribution is -0.123. The third kappa shape index (κ3) is 2.43. The second kappa shape index (κ2) is 5.07. The molecule has 0 rings (SSSR count). The van der Waals surface area contributed by atoms with E-state index in [1.807, 2.05) is 20.1 Å². The van der Waals surface area contributed by atoms with E-state index in [2.05, 4.69) is 0 Å². The topological polar surface area (TPSA) is 34.1 Å². The second-order valence-corrected chi connectivity index (χ2v) is 3.20. The van der Waals surface area contributed by atoms with Crippen LogP contribution in [0.15, 0.2) is 0 Å². The summed E-state index contributed by atoms with van der Waals surface area (Å²) in [6, 6.07) is 0. The quantitative estimate of drug-likeness (QED) is 0.571. The average molecular weight is 169 g/mol. The van der Waals surface area contributed by atoms with Gasteiger partial charge in [0.05, 0.1) is 5.41 Å². The number of rotatable bonds is 6. The van der Waals surface area contributed by atoms with E-state index >= 15 is 0 Å². The van der Waals surface area contributed by atoms with Gasteiger partial charge >= 0.3 is 0 Å². The Kier molecular flexibility index (Phi) is 4.79. The number of carbonyl (C=O) groups is 1. The summed E-state index contributed by atoms with van der Waals surface area (Å²) in [4.78, 5) is 21.8. The molecule has 12 heavy (non-hydrogen) atoms. The zero-order valence-corrected chi connectivity index (χ0v) is 8.14. The van der Waals surface area contributed by atoms with Crippen molar-refractivity contribution < 1.29 is 9.59 Å². The summed E-state index contributed by atoms with van der Waals surface area (Å²) < 4.78 is 0. The van der Waals surface area contributed by atoms with Crippen LogP contribution in [0, 0.1) is 5.41 Å². The van der Waals surface area contributed by atoms with E-state index in [9.17, 15) is 9.59 Å². The first-order valence-electron chi connectivity index (χ1n) is 4.53. The molecule has 0 aromatic heterocycles. The molecule has 0 saturated carbocycles. The molecule has 0 heterocycles. The van der Waals surface area contributed by atoms with Gasteiger partial charge in [-0.2, -0.15) is 0 Å². The third-order valence-electron chi connectivity index (χ3n) is 2.43. The molecular weight excluding hydrogens is 152 g/mol. The molecule has 0 aliphatic carbocycles. The number of hydrogen-bond donors (Lipinski definition) is 0. The van der Waals surface area contributed by atoms with Crippen molar-refractivity contribution in [2.24, 2.45) is 5.41 Å². The molecule has 0 amide bonds. The minimum Gasteiger partial charge on any atom is -0.299 e. The summed E-state index contributed by atoms with van der Waals surface area (Å²) in [6.07, 6.45) is 5.06. The minimum atomic E-state index is -0.810. The Bertz CT molecular complexity index is 163. The standard InChI is InChI=1S/C10H17O2/c1-4-6-7-10(5-2,8-11)9(3)12/h4-7H2,1-3H3. The number of unbranched alkanes of at least 4 members (excludes halogenated alkanes) is 1. The lowest BCUT2D eigenvalue weighted by atomic mass is 9.78. The van der Waals surface area contributed by atoms with Gasteiger partial charge in [-0.25, -0.2) is 0 Å². The first-order valence-corrected chi connectivity index (χ1v) is 4.53. The molecule has 69 valence electrons. The highest BCUT2D eigenvalue weighted by Crippen LogP contribution is 2.27. The Morgan fingerprint density at radius 3 is 2.25 bits per heavy atom. The fourth-order valence-corrected chi connectivity index (χ4v) is 1.28. The SMILES string of the molecule is CCCCC([C]=O)(CC)C(C)=O. The Labute approximate surface area is 74.3 Å². The van der Waals surface area contributed by atoms with E-state index in [0.717, 1.165) is 12.8 Å². The molecule has 0 spiro atoms. The predicted octanol–water partition coefficient (Wildman–Crippen LogP) is 2.27. The molecule has 1 atom stereocenters. The summed E-state index contributed by atoms with van der Waals surface area (Å²) in [5, 5.41) is 0. The summed E-state index contributed by atoms with van der Waals surface area (Å²) in [7, 11) is 0. The Balaban J connectivity index is 4.35. The van der Waals surface area contributed by atoms with E-state index in [1.54, 1.807) is 0 Å². The Morgan fingerprint density at radius 1 is 1.42 bits per heavy atom. The molecule has 1 unspecified atom stereocenters. The van der Waals surface area contributed by atoms with Gasteiger partial charge in [-0.3, -0.25) is 9.59 Å². The maximum absolute atomic E-state index is 11.2. The predicted molar refractivity (Wildman–Crippen MR) is 48.6 cm³/mol. The fraction of sp³-hybridized carbons (Fsp3) is 0.800. The molecule has 0 aliphatic heterocycles. The minimum absolute atomic E-state index is 0.0477. The van der Waals surface area contributed by atoms with Crippen molar-refractivity contribution in [2.45, 2.75) is 46.5 Å². The number of ketones is 1. The van der Waals surface area contributed by atoms with Crippen molar-refractivity contribution in [2.75, 3.05) is 0 Å². The zero-order chi connectivity index (χ0) is 9.61. The highest BCUT2D eigenvalue weighted by molar-refractivity contribution is 5.96. The highest BCUT2D eigenvalue weighted by Gasteiger charge is 2.33. The molecule has 2 nitrogen and oxygen atoms in total. The van der Waals surface area contributed by atoms with Crippen LogP contribution in [0.25, 0.3) is 0 Å². The fourth-order valence-electron chi connectivity index (χ4n) is 1.28. The van der Waals surface area contributed by atoms with Crippen LogP contribution in [0.1, 0.15) is 46.5 Å². The molecule has 0 bridgehead atoms. The first kappa shape index (κ1) is 11.3. The molecule has 0 saturated heterocycles. The van der Waals surface area contributed by atoms with E-state index in [1.165, 1.54) is 6.92 Å². The molecule has 0 aliphatic rings. The van der Waals surface area contributed by atoms with Gasteiger partial charge in [0.25, 0.3) is 0 Å². The van der Waals surface area contributed by atoms with Crippen molar-refractivity contribution in [3.05, 3.63) is 0 Å². The van der Waals surface area contributed by atoms with Gasteiger partial charge in [0, 0.05) is 0 Å². The second-order valence-electron chi connectivity index (χ2n) is 3.20. The molecule has 0 N–H and O–H groups in total. The van der Waals surface area contributed by atoms with E-state index in [-0.39, 0.29) is 5.78 Å². The monoisotopic (exact) mass is 169 g/mol. The van der Waals surface area contributed by atoms with Gasteiger partial charge in [0.15, 0.2) is 0 Å². The van der Waals surface area contributed by atoms with Crippen LogP contribution in [0.3, 0.4) is 0 Å². The normalized spacial score (nSPS) is 15.2. The van der Waals surface area contributed by atoms with Crippen molar-refractivity contribution in [1.29, 1.82) is 0 Å². The van der Waals surface area contributed by atoms with Crippen LogP contribution in [0.5, 0.6) is 0 Å². The number of Topliss-reactive ketones (excluding diaryl/α,β-unsaturated/α-hetero) is 1. The van der Waals surface area contributed by atoms with Gasteiger partial charge in [-0.15, -0.1) is 0 Å². The van der Waals surface area contributed by atoms with E-state index in [0.29, 0.717) is 12.8 Å². The number of hydrogen-bond acceptors (Lipinski definition) is 2. The van der Waals surface area contributed by atoms with Crippen LogP contribution < -0.4 is 0 Å². The van der Waals surface area contributed by atoms with Gasteiger partial charge in [-0.1, -0.05) is 26.7 Å². The van der Waals surface area contributed by atoms with Crippen LogP contribution >= 0.6 is 0 Å². The van der Waals surface area contributed by atoms with Crippen molar-refractivity contribution >= 4 is 12.1 Å². The molecule has 0 aromatic rings. The van der Waals surface area contributed by atoms with Crippen molar-refractivity contribution in [3.8, 4) is 0 Å². The summed E-state index contributed by atoms with van der Waals surface area (Å²) >= 11 is 0. The highest BCUT2D eigenvalue weighted by atomic mass is 16.1. The van der Waals surface area contributed by atoms with Crippen molar-refractivity contribution in [1.82, 2.24) is 0 Å². The lowest BCUT2D eigenvalue weighted by Gasteiger charge is -2.21. The molecule has 2 heteroatoms.